The molecule has 1 amide bonds. The van der Waals surface area contributed by atoms with Gasteiger partial charge in [-0.15, -0.1) is 0 Å². The van der Waals surface area contributed by atoms with Crippen LogP contribution in [-0.2, 0) is 28.5 Å². The Morgan fingerprint density at radius 1 is 1.21 bits per heavy atom. The highest BCUT2D eigenvalue weighted by Crippen LogP contribution is 2.35. The van der Waals surface area contributed by atoms with E-state index in [0.717, 1.165) is 11.0 Å². The summed E-state index contributed by atoms with van der Waals surface area (Å²) in [7, 11) is 2.57. The first-order valence-corrected chi connectivity index (χ1v) is 10.1. The molecule has 1 aromatic rings. The van der Waals surface area contributed by atoms with Crippen LogP contribution in [0.3, 0.4) is 0 Å². The van der Waals surface area contributed by atoms with E-state index in [4.69, 9.17) is 23.7 Å². The van der Waals surface area contributed by atoms with Crippen molar-refractivity contribution in [1.29, 1.82) is 0 Å². The van der Waals surface area contributed by atoms with Crippen molar-refractivity contribution in [3.8, 4) is 5.75 Å². The summed E-state index contributed by atoms with van der Waals surface area (Å²) >= 11 is 0. The Bertz CT molecular complexity index is 911. The molecule has 12 nitrogen and oxygen atoms in total. The van der Waals surface area contributed by atoms with Crippen LogP contribution >= 0.6 is 0 Å². The Hall–Kier alpha value is -3.41. The first-order chi connectivity index (χ1) is 15.3. The van der Waals surface area contributed by atoms with Gasteiger partial charge in [-0.3, -0.25) is 19.8 Å². The molecule has 1 aromatic carbocycles. The van der Waals surface area contributed by atoms with Crippen molar-refractivity contribution in [2.45, 2.75) is 64.6 Å². The van der Waals surface area contributed by atoms with Crippen LogP contribution in [0.2, 0.25) is 0 Å². The average Bonchev–Trinajstić information content (AvgIpc) is 2.70. The average molecular weight is 468 g/mol. The smallest absolute Gasteiger partial charge is 0.414 e. The molecule has 3 unspecified atom stereocenters. The van der Waals surface area contributed by atoms with Crippen molar-refractivity contribution in [2.24, 2.45) is 0 Å². The predicted molar refractivity (Wildman–Crippen MR) is 114 cm³/mol. The van der Waals surface area contributed by atoms with Crippen LogP contribution in [0, 0.1) is 10.1 Å². The van der Waals surface area contributed by atoms with Crippen molar-refractivity contribution in [3.05, 3.63) is 28.3 Å². The van der Waals surface area contributed by atoms with E-state index in [9.17, 15) is 24.5 Å². The zero-order valence-corrected chi connectivity index (χ0v) is 19.4. The topological polar surface area (TPSA) is 144 Å². The summed E-state index contributed by atoms with van der Waals surface area (Å²) in [5.74, 6) is -1.15. The number of nitro benzene ring substituents is 1. The van der Waals surface area contributed by atoms with Gasteiger partial charge in [-0.1, -0.05) is 0 Å². The molecular weight excluding hydrogens is 440 g/mol. The highest BCUT2D eigenvalue weighted by atomic mass is 16.7. The van der Waals surface area contributed by atoms with E-state index < -0.39 is 47.1 Å². The van der Waals surface area contributed by atoms with Crippen LogP contribution in [0.15, 0.2) is 18.2 Å². The molecular formula is C21H28N2O10. The van der Waals surface area contributed by atoms with Gasteiger partial charge in [0.25, 0.3) is 5.69 Å². The van der Waals surface area contributed by atoms with E-state index in [2.05, 4.69) is 0 Å². The fourth-order valence-corrected chi connectivity index (χ4v) is 3.09. The zero-order chi connectivity index (χ0) is 24.9. The van der Waals surface area contributed by atoms with Crippen molar-refractivity contribution < 1.29 is 43.0 Å². The summed E-state index contributed by atoms with van der Waals surface area (Å²) in [5.41, 5.74) is -1.03. The second-order valence-corrected chi connectivity index (χ2v) is 8.35. The van der Waals surface area contributed by atoms with Crippen LogP contribution in [0.1, 0.15) is 40.5 Å². The van der Waals surface area contributed by atoms with Crippen molar-refractivity contribution in [1.82, 2.24) is 0 Å². The van der Waals surface area contributed by atoms with E-state index in [1.165, 1.54) is 33.2 Å². The lowest BCUT2D eigenvalue weighted by atomic mass is 10.0. The maximum absolute atomic E-state index is 12.6. The number of anilines is 1. The number of benzene rings is 1. The molecule has 2 rings (SSSR count). The van der Waals surface area contributed by atoms with Crippen molar-refractivity contribution in [2.75, 3.05) is 19.1 Å². The monoisotopic (exact) mass is 468 g/mol. The largest absolute Gasteiger partial charge is 0.467 e. The van der Waals surface area contributed by atoms with E-state index in [-0.39, 0.29) is 30.0 Å². The molecule has 182 valence electrons. The van der Waals surface area contributed by atoms with Crippen molar-refractivity contribution in [3.63, 3.8) is 0 Å². The molecule has 1 saturated heterocycles. The summed E-state index contributed by atoms with van der Waals surface area (Å²) in [6, 6.07) is 3.66. The Balaban J connectivity index is 2.35. The molecule has 3 atom stereocenters. The fraction of sp³-hybridized carbons (Fsp3) is 0.571. The third kappa shape index (κ3) is 7.31. The molecule has 12 heteroatoms. The molecule has 0 N–H and O–H groups in total. The number of methoxy groups -OCH3 is 1. The van der Waals surface area contributed by atoms with Gasteiger partial charge in [-0.05, 0) is 26.8 Å². The third-order valence-corrected chi connectivity index (χ3v) is 4.49. The quantitative estimate of drug-likeness (QED) is 0.264. The Morgan fingerprint density at radius 2 is 1.88 bits per heavy atom. The van der Waals surface area contributed by atoms with Gasteiger partial charge in [-0.25, -0.2) is 9.59 Å². The first-order valence-electron chi connectivity index (χ1n) is 10.1. The SMILES string of the molecule is COC(=O)C1CC(OC(C)=O)CC(Oc2ccc([N+](=O)[O-])cc2N(C)C(=O)OC(C)(C)C)O1. The minimum absolute atomic E-state index is 0.0475. The number of nitro groups is 1. The van der Waals surface area contributed by atoms with Gasteiger partial charge in [0.05, 0.1) is 17.7 Å². The number of esters is 2. The summed E-state index contributed by atoms with van der Waals surface area (Å²) in [4.78, 5) is 47.7. The van der Waals surface area contributed by atoms with Crippen molar-refractivity contribution >= 4 is 29.4 Å². The minimum atomic E-state index is -1.07. The van der Waals surface area contributed by atoms with Crippen LogP contribution < -0.4 is 9.64 Å². The molecule has 0 saturated carbocycles. The molecule has 0 aliphatic carbocycles. The van der Waals surface area contributed by atoms with Crippen LogP contribution in [0.25, 0.3) is 0 Å². The third-order valence-electron chi connectivity index (χ3n) is 4.49. The first kappa shape index (κ1) is 25.8. The molecule has 1 fully saturated rings. The normalized spacial score (nSPS) is 20.4. The van der Waals surface area contributed by atoms with Gasteiger partial charge >= 0.3 is 18.0 Å². The molecule has 33 heavy (non-hydrogen) atoms. The molecule has 1 heterocycles. The lowest BCUT2D eigenvalue weighted by molar-refractivity contribution is -0.384. The number of hydrogen-bond donors (Lipinski definition) is 0. The number of hydrogen-bond acceptors (Lipinski definition) is 10. The molecule has 0 aromatic heterocycles. The Kier molecular flexibility index (Phi) is 8.20. The van der Waals surface area contributed by atoms with Gasteiger partial charge in [0, 0.05) is 38.9 Å². The highest BCUT2D eigenvalue weighted by molar-refractivity contribution is 5.90. The highest BCUT2D eigenvalue weighted by Gasteiger charge is 2.38. The molecule has 1 aliphatic heterocycles. The fourth-order valence-electron chi connectivity index (χ4n) is 3.09. The van der Waals surface area contributed by atoms with Crippen LogP contribution in [-0.4, -0.2) is 61.2 Å². The minimum Gasteiger partial charge on any atom is -0.467 e. The summed E-state index contributed by atoms with van der Waals surface area (Å²) in [6.07, 6.45) is -3.41. The van der Waals surface area contributed by atoms with E-state index in [1.54, 1.807) is 20.8 Å². The maximum Gasteiger partial charge on any atom is 0.414 e. The standard InChI is InChI=1S/C21H28N2O10/c1-12(24)30-14-10-17(19(25)29-6)32-18(11-14)31-16-8-7-13(23(27)28)9-15(16)22(5)20(26)33-21(2,3)4/h7-9,14,17-18H,10-11H2,1-6H3. The van der Waals surface area contributed by atoms with E-state index in [1.807, 2.05) is 0 Å². The second-order valence-electron chi connectivity index (χ2n) is 8.35. The lowest BCUT2D eigenvalue weighted by Gasteiger charge is -2.34. The van der Waals surface area contributed by atoms with Gasteiger partial charge in [0.15, 0.2) is 6.10 Å². The number of rotatable bonds is 6. The number of nitrogens with zero attached hydrogens (tertiary/aromatic N) is 2. The van der Waals surface area contributed by atoms with Crippen LogP contribution in [0.4, 0.5) is 16.2 Å². The van der Waals surface area contributed by atoms with Gasteiger partial charge < -0.3 is 23.7 Å². The second kappa shape index (κ2) is 10.5. The molecule has 0 bridgehead atoms. The zero-order valence-electron chi connectivity index (χ0n) is 19.4. The maximum atomic E-state index is 12.6. The number of ether oxygens (including phenoxy) is 5. The summed E-state index contributed by atoms with van der Waals surface area (Å²) in [6.45, 7) is 6.29. The van der Waals surface area contributed by atoms with E-state index >= 15 is 0 Å². The van der Waals surface area contributed by atoms with E-state index in [0.29, 0.717) is 0 Å². The number of carbonyl (C=O) groups is 3. The van der Waals surface area contributed by atoms with Gasteiger partial charge in [0.2, 0.25) is 6.29 Å². The Morgan fingerprint density at radius 3 is 2.42 bits per heavy atom. The van der Waals surface area contributed by atoms with Gasteiger partial charge in [-0.2, -0.15) is 0 Å². The summed E-state index contributed by atoms with van der Waals surface area (Å²) < 4.78 is 26.8. The Labute approximate surface area is 190 Å². The van der Waals surface area contributed by atoms with Crippen LogP contribution in [0.5, 0.6) is 5.75 Å². The van der Waals surface area contributed by atoms with Gasteiger partial charge in [0.1, 0.15) is 17.5 Å². The number of non-ortho nitro benzene ring substituents is 1. The number of amides is 1. The number of carbonyl (C=O) groups excluding carboxylic acids is 3. The summed E-state index contributed by atoms with van der Waals surface area (Å²) in [5, 5.41) is 11.3. The lowest BCUT2D eigenvalue weighted by Crippen LogP contribution is -2.44. The molecule has 0 radical (unpaired) electrons. The predicted octanol–water partition coefficient (Wildman–Crippen LogP) is 2.95. The molecule has 0 spiro atoms. The molecule has 1 aliphatic rings.